The topological polar surface area (TPSA) is 111 Å². The molecule has 0 spiro atoms. The number of ether oxygens (including phenoxy) is 3. The van der Waals surface area contributed by atoms with Gasteiger partial charge in [-0.2, -0.15) is 0 Å². The van der Waals surface area contributed by atoms with Gasteiger partial charge in [0.2, 0.25) is 0 Å². The molecule has 2 heterocycles. The van der Waals surface area contributed by atoms with Crippen molar-refractivity contribution in [2.45, 2.75) is 90.7 Å². The Morgan fingerprint density at radius 1 is 1.11 bits per heavy atom. The van der Waals surface area contributed by atoms with Crippen molar-refractivity contribution in [3.63, 3.8) is 0 Å². The van der Waals surface area contributed by atoms with Crippen LogP contribution in [0.4, 0.5) is 9.59 Å². The smallest absolute Gasteiger partial charge is 0.417 e. The maximum absolute atomic E-state index is 13.3. The van der Waals surface area contributed by atoms with E-state index in [1.54, 1.807) is 55.4 Å². The van der Waals surface area contributed by atoms with Crippen LogP contribution in [0.1, 0.15) is 61.8 Å². The van der Waals surface area contributed by atoms with Gasteiger partial charge in [-0.3, -0.25) is 9.59 Å². The first-order chi connectivity index (χ1) is 12.6. The third-order valence-corrected chi connectivity index (χ3v) is 4.37. The molecule has 3 amide bonds. The van der Waals surface area contributed by atoms with Crippen LogP contribution >= 0.6 is 0 Å². The molecule has 2 rings (SSSR count). The van der Waals surface area contributed by atoms with Gasteiger partial charge in [-0.15, -0.1) is 0 Å². The lowest BCUT2D eigenvalue weighted by atomic mass is 9.87. The first kappa shape index (κ1) is 22.0. The molecule has 0 aromatic heterocycles. The van der Waals surface area contributed by atoms with Gasteiger partial charge in [0, 0.05) is 0 Å². The highest BCUT2D eigenvalue weighted by Crippen LogP contribution is 2.42. The third kappa shape index (κ3) is 4.23. The minimum absolute atomic E-state index is 0.241. The number of carbonyl (C=O) groups is 4. The second-order valence-electron chi connectivity index (χ2n) is 9.58. The fourth-order valence-electron chi connectivity index (χ4n) is 3.47. The van der Waals surface area contributed by atoms with Crippen LogP contribution in [0.25, 0.3) is 0 Å². The van der Waals surface area contributed by atoms with Gasteiger partial charge in [0.25, 0.3) is 5.91 Å². The van der Waals surface area contributed by atoms with E-state index in [0.717, 1.165) is 4.90 Å². The fourth-order valence-corrected chi connectivity index (χ4v) is 3.47. The highest BCUT2D eigenvalue weighted by atomic mass is 16.6. The molecule has 2 saturated heterocycles. The number of likely N-dealkylation sites (tertiary alicyclic amines) is 1. The summed E-state index contributed by atoms with van der Waals surface area (Å²) < 4.78 is 16.0. The van der Waals surface area contributed by atoms with Crippen molar-refractivity contribution in [3.05, 3.63) is 0 Å². The first-order valence-corrected chi connectivity index (χ1v) is 9.35. The molecule has 28 heavy (non-hydrogen) atoms. The first-order valence-electron chi connectivity index (χ1n) is 9.35. The number of fused-ring (bicyclic) bond motifs is 1. The highest BCUT2D eigenvalue weighted by molar-refractivity contribution is 6.06. The van der Waals surface area contributed by atoms with Crippen molar-refractivity contribution in [3.8, 4) is 0 Å². The largest absolute Gasteiger partial charge is 0.457 e. The molecule has 9 nitrogen and oxygen atoms in total. The van der Waals surface area contributed by atoms with Crippen molar-refractivity contribution < 1.29 is 33.4 Å². The molecule has 3 atom stereocenters. The van der Waals surface area contributed by atoms with Crippen LogP contribution in [0.15, 0.2) is 0 Å². The molecule has 0 saturated carbocycles. The molecule has 1 N–H and O–H groups in total. The van der Waals surface area contributed by atoms with E-state index in [1.165, 1.54) is 0 Å². The van der Waals surface area contributed by atoms with Crippen molar-refractivity contribution in [2.75, 3.05) is 0 Å². The minimum Gasteiger partial charge on any atom is -0.457 e. The Hall–Kier alpha value is -2.32. The monoisotopic (exact) mass is 398 g/mol. The van der Waals surface area contributed by atoms with Crippen molar-refractivity contribution >= 4 is 24.1 Å². The van der Waals surface area contributed by atoms with E-state index in [1.807, 2.05) is 0 Å². The van der Waals surface area contributed by atoms with Gasteiger partial charge in [0.15, 0.2) is 11.6 Å². The number of nitrogens with zero attached hydrogens (tertiary/aromatic N) is 1. The van der Waals surface area contributed by atoms with E-state index >= 15 is 0 Å². The molecule has 1 unspecified atom stereocenters. The lowest BCUT2D eigenvalue weighted by Gasteiger charge is -2.30. The second-order valence-corrected chi connectivity index (χ2v) is 9.58. The molecular weight excluding hydrogens is 368 g/mol. The predicted octanol–water partition coefficient (Wildman–Crippen LogP) is 2.37. The number of hydrogen-bond acceptors (Lipinski definition) is 7. The van der Waals surface area contributed by atoms with Crippen LogP contribution in [0.2, 0.25) is 0 Å². The average Bonchev–Trinajstić information content (AvgIpc) is 2.86. The van der Waals surface area contributed by atoms with Gasteiger partial charge in [-0.1, -0.05) is 13.8 Å². The maximum atomic E-state index is 13.3. The highest BCUT2D eigenvalue weighted by Gasteiger charge is 2.69. The zero-order valence-corrected chi connectivity index (χ0v) is 17.7. The van der Waals surface area contributed by atoms with Gasteiger partial charge >= 0.3 is 18.2 Å². The fraction of sp³-hybridized carbons (Fsp3) is 0.789. The molecule has 0 bridgehead atoms. The van der Waals surface area contributed by atoms with Gasteiger partial charge in [0.1, 0.15) is 11.2 Å². The summed E-state index contributed by atoms with van der Waals surface area (Å²) >= 11 is 0. The number of carbonyl (C=O) groups excluding carboxylic acids is 4. The van der Waals surface area contributed by atoms with Crippen LogP contribution in [-0.4, -0.2) is 57.8 Å². The third-order valence-electron chi connectivity index (χ3n) is 4.37. The number of nitrogens with one attached hydrogen (secondary N) is 1. The molecule has 2 fully saturated rings. The van der Waals surface area contributed by atoms with Gasteiger partial charge in [-0.05, 0) is 47.5 Å². The summed E-state index contributed by atoms with van der Waals surface area (Å²) in [6, 6.07) is -0.774. The van der Waals surface area contributed by atoms with E-state index in [2.05, 4.69) is 5.32 Å². The molecule has 0 aromatic rings. The van der Waals surface area contributed by atoms with Crippen LogP contribution in [0, 0.1) is 5.92 Å². The molecule has 0 aliphatic carbocycles. The second kappa shape index (κ2) is 6.93. The Morgan fingerprint density at radius 2 is 1.64 bits per heavy atom. The zero-order chi connectivity index (χ0) is 21.7. The number of amides is 3. The Balaban J connectivity index is 2.42. The normalized spacial score (nSPS) is 27.5. The average molecular weight is 398 g/mol. The summed E-state index contributed by atoms with van der Waals surface area (Å²) in [5.41, 5.74) is -3.33. The van der Waals surface area contributed by atoms with Gasteiger partial charge < -0.3 is 19.5 Å². The SMILES string of the molecule is CC(C)[C@@H]1C2OC(=O)C[C@]2(NC(=O)OC(C)(C)C)C(=O)N1C(=O)OC(C)(C)C. The molecular formula is C19H30N2O7. The molecule has 0 radical (unpaired) electrons. The number of rotatable bonds is 2. The Morgan fingerprint density at radius 3 is 2.11 bits per heavy atom. The van der Waals surface area contributed by atoms with E-state index in [-0.39, 0.29) is 12.3 Å². The summed E-state index contributed by atoms with van der Waals surface area (Å²) in [5.74, 6) is -1.60. The van der Waals surface area contributed by atoms with Crippen LogP contribution in [0.5, 0.6) is 0 Å². The summed E-state index contributed by atoms with van der Waals surface area (Å²) in [6.07, 6.45) is -3.10. The number of alkyl carbamates (subject to hydrolysis) is 1. The zero-order valence-electron chi connectivity index (χ0n) is 17.7. The minimum atomic E-state index is -1.70. The van der Waals surface area contributed by atoms with E-state index in [0.29, 0.717) is 0 Å². The summed E-state index contributed by atoms with van der Waals surface area (Å²) in [5, 5.41) is 2.52. The van der Waals surface area contributed by atoms with Crippen LogP contribution in [-0.2, 0) is 23.8 Å². The molecule has 158 valence electrons. The number of esters is 1. The van der Waals surface area contributed by atoms with E-state index < -0.39 is 52.9 Å². The summed E-state index contributed by atoms with van der Waals surface area (Å²) in [4.78, 5) is 51.5. The molecule has 9 heteroatoms. The summed E-state index contributed by atoms with van der Waals surface area (Å²) in [7, 11) is 0. The van der Waals surface area contributed by atoms with Crippen LogP contribution < -0.4 is 5.32 Å². The summed E-state index contributed by atoms with van der Waals surface area (Å²) in [6.45, 7) is 13.7. The van der Waals surface area contributed by atoms with E-state index in [4.69, 9.17) is 14.2 Å². The maximum Gasteiger partial charge on any atom is 0.417 e. The predicted molar refractivity (Wildman–Crippen MR) is 98.3 cm³/mol. The number of hydrogen-bond donors (Lipinski definition) is 1. The lowest BCUT2D eigenvalue weighted by Crippen LogP contribution is -2.58. The lowest BCUT2D eigenvalue weighted by molar-refractivity contribution is -0.145. The quantitative estimate of drug-likeness (QED) is 0.561. The van der Waals surface area contributed by atoms with Crippen molar-refractivity contribution in [2.24, 2.45) is 5.92 Å². The Kier molecular flexibility index (Phi) is 5.44. The van der Waals surface area contributed by atoms with Gasteiger partial charge in [-0.25, -0.2) is 14.5 Å². The molecule has 2 aliphatic heterocycles. The van der Waals surface area contributed by atoms with Gasteiger partial charge in [0.05, 0.1) is 12.5 Å². The number of imide groups is 1. The van der Waals surface area contributed by atoms with E-state index in [9.17, 15) is 19.2 Å². The molecule has 0 aromatic carbocycles. The standard InChI is InChI=1S/C19H30N2O7/c1-10(2)12-13-19(9-11(22)26-13,20-15(24)27-17(3,4)5)14(23)21(12)16(25)28-18(6,7)8/h10,12-13H,9H2,1-8H3,(H,20,24)/t12-,13?,19-/m1/s1. The molecule has 2 aliphatic rings. The van der Waals surface area contributed by atoms with Crippen molar-refractivity contribution in [1.29, 1.82) is 0 Å². The Labute approximate surface area is 165 Å². The van der Waals surface area contributed by atoms with Crippen molar-refractivity contribution in [1.82, 2.24) is 10.2 Å². The Bertz CT molecular complexity index is 689. The van der Waals surface area contributed by atoms with Crippen LogP contribution in [0.3, 0.4) is 0 Å².